The number of hydrogen-bond donors (Lipinski definition) is 1. The number of thioether (sulfide) groups is 1. The van der Waals surface area contributed by atoms with Crippen molar-refractivity contribution in [1.29, 1.82) is 0 Å². The average Bonchev–Trinajstić information content (AvgIpc) is 3.59. The van der Waals surface area contributed by atoms with Crippen molar-refractivity contribution in [2.45, 2.75) is 24.9 Å². The molecule has 0 spiro atoms. The number of nitro benzene ring substituents is 1. The van der Waals surface area contributed by atoms with Gasteiger partial charge >= 0.3 is 0 Å². The Hall–Kier alpha value is -4.06. The van der Waals surface area contributed by atoms with Crippen LogP contribution in [0.2, 0.25) is 5.02 Å². The molecule has 1 N–H and O–H groups in total. The number of carbonyl (C=O) groups is 1. The Morgan fingerprint density at radius 3 is 2.60 bits per heavy atom. The lowest BCUT2D eigenvalue weighted by Crippen LogP contribution is -2.14. The quantitative estimate of drug-likeness (QED) is 0.107. The molecule has 9 nitrogen and oxygen atoms in total. The zero-order chi connectivity index (χ0) is 28.2. The molecule has 1 amide bonds. The highest BCUT2D eigenvalue weighted by Crippen LogP contribution is 2.33. The molecule has 12 heteroatoms. The van der Waals surface area contributed by atoms with Gasteiger partial charge in [-0.15, -0.1) is 21.5 Å². The molecule has 2 aromatic heterocycles. The van der Waals surface area contributed by atoms with Crippen molar-refractivity contribution in [2.24, 2.45) is 0 Å². The zero-order valence-corrected chi connectivity index (χ0v) is 23.8. The molecule has 0 aliphatic heterocycles. The molecule has 5 aromatic rings. The Morgan fingerprint density at radius 2 is 1.85 bits per heavy atom. The summed E-state index contributed by atoms with van der Waals surface area (Å²) < 4.78 is 1.97. The number of halogens is 1. The minimum Gasteiger partial charge on any atom is -0.301 e. The van der Waals surface area contributed by atoms with E-state index in [1.54, 1.807) is 29.6 Å². The van der Waals surface area contributed by atoms with Gasteiger partial charge in [-0.1, -0.05) is 67.5 Å². The van der Waals surface area contributed by atoms with Crippen LogP contribution in [0.1, 0.15) is 25.3 Å². The third-order valence-electron chi connectivity index (χ3n) is 5.97. The predicted molar refractivity (Wildman–Crippen MR) is 159 cm³/mol. The zero-order valence-electron chi connectivity index (χ0n) is 21.4. The standard InChI is InChI=1S/C28H23ClN6O3S2/c1-17(2)22-8-3-4-9-24(22)34-26(18-10-12-20(29)13-11-18)32-33-28(34)40-16-25(36)31-27-30-23(15-39-27)19-6-5-7-21(14-19)35(37)38/h3-15,17H,16H2,1-2H3,(H,30,31,36). The molecule has 0 fully saturated rings. The predicted octanol–water partition coefficient (Wildman–Crippen LogP) is 7.47. The number of rotatable bonds is 9. The summed E-state index contributed by atoms with van der Waals surface area (Å²) in [5, 5.41) is 26.2. The summed E-state index contributed by atoms with van der Waals surface area (Å²) in [6.45, 7) is 4.25. The van der Waals surface area contributed by atoms with Crippen molar-refractivity contribution in [2.75, 3.05) is 11.1 Å². The Morgan fingerprint density at radius 1 is 1.07 bits per heavy atom. The van der Waals surface area contributed by atoms with E-state index in [9.17, 15) is 14.9 Å². The maximum absolute atomic E-state index is 12.9. The van der Waals surface area contributed by atoms with Gasteiger partial charge in [0.1, 0.15) is 0 Å². The van der Waals surface area contributed by atoms with Crippen LogP contribution in [-0.2, 0) is 4.79 Å². The maximum atomic E-state index is 12.9. The Labute approximate surface area is 243 Å². The first kappa shape index (κ1) is 27.5. The van der Waals surface area contributed by atoms with Gasteiger partial charge in [-0.2, -0.15) is 0 Å². The van der Waals surface area contributed by atoms with Gasteiger partial charge in [0.05, 0.1) is 22.1 Å². The molecular formula is C28H23ClN6O3S2. The van der Waals surface area contributed by atoms with Crippen molar-refractivity contribution in [3.63, 3.8) is 0 Å². The largest absolute Gasteiger partial charge is 0.301 e. The lowest BCUT2D eigenvalue weighted by atomic mass is 10.0. The number of aromatic nitrogens is 4. The van der Waals surface area contributed by atoms with Gasteiger partial charge in [-0.25, -0.2) is 4.98 Å². The molecule has 2 heterocycles. The number of anilines is 1. The van der Waals surface area contributed by atoms with E-state index in [0.717, 1.165) is 16.8 Å². The van der Waals surface area contributed by atoms with Crippen LogP contribution in [-0.4, -0.2) is 36.3 Å². The van der Waals surface area contributed by atoms with Gasteiger partial charge in [-0.3, -0.25) is 19.5 Å². The molecule has 0 radical (unpaired) electrons. The van der Waals surface area contributed by atoms with Crippen LogP contribution >= 0.6 is 34.7 Å². The SMILES string of the molecule is CC(C)c1ccccc1-n1c(SCC(=O)Nc2nc(-c3cccc([N+](=O)[O-])c3)cs2)nnc1-c1ccc(Cl)cc1. The number of amides is 1. The summed E-state index contributed by atoms with van der Waals surface area (Å²) in [5.41, 5.74) is 4.05. The van der Waals surface area contributed by atoms with E-state index in [1.807, 2.05) is 34.9 Å². The lowest BCUT2D eigenvalue weighted by molar-refractivity contribution is -0.384. The number of nitrogens with zero attached hydrogens (tertiary/aromatic N) is 5. The third-order valence-corrected chi connectivity index (χ3v) is 7.91. The molecule has 0 saturated heterocycles. The van der Waals surface area contributed by atoms with Crippen molar-refractivity contribution < 1.29 is 9.72 Å². The fourth-order valence-corrected chi connectivity index (χ4v) is 5.68. The molecule has 0 bridgehead atoms. The number of non-ortho nitro benzene ring substituents is 1. The first-order valence-corrected chi connectivity index (χ1v) is 14.5. The van der Waals surface area contributed by atoms with E-state index in [-0.39, 0.29) is 23.3 Å². The van der Waals surface area contributed by atoms with Crippen LogP contribution < -0.4 is 5.32 Å². The normalized spacial score (nSPS) is 11.1. The molecule has 40 heavy (non-hydrogen) atoms. The first-order chi connectivity index (χ1) is 19.3. The number of benzene rings is 3. The highest BCUT2D eigenvalue weighted by molar-refractivity contribution is 7.99. The van der Waals surface area contributed by atoms with Crippen LogP contribution in [0.25, 0.3) is 28.3 Å². The van der Waals surface area contributed by atoms with Gasteiger partial charge in [-0.05, 0) is 41.8 Å². The van der Waals surface area contributed by atoms with Gasteiger partial charge in [0.2, 0.25) is 5.91 Å². The van der Waals surface area contributed by atoms with Crippen LogP contribution in [0.15, 0.2) is 83.3 Å². The molecule has 0 aliphatic carbocycles. The monoisotopic (exact) mass is 590 g/mol. The lowest BCUT2D eigenvalue weighted by Gasteiger charge is -2.17. The van der Waals surface area contributed by atoms with Gasteiger partial charge in [0.15, 0.2) is 16.1 Å². The second kappa shape index (κ2) is 12.0. The van der Waals surface area contributed by atoms with Gasteiger partial charge in [0.25, 0.3) is 5.69 Å². The number of thiazole rings is 1. The van der Waals surface area contributed by atoms with Gasteiger partial charge < -0.3 is 5.32 Å². The van der Waals surface area contributed by atoms with E-state index in [0.29, 0.717) is 32.4 Å². The number of nitrogens with one attached hydrogen (secondary N) is 1. The van der Waals surface area contributed by atoms with E-state index < -0.39 is 4.92 Å². The minimum atomic E-state index is -0.452. The van der Waals surface area contributed by atoms with E-state index >= 15 is 0 Å². The summed E-state index contributed by atoms with van der Waals surface area (Å²) in [4.78, 5) is 28.0. The molecule has 3 aromatic carbocycles. The fourth-order valence-electron chi connectivity index (χ4n) is 4.07. The van der Waals surface area contributed by atoms with Crippen LogP contribution in [0.3, 0.4) is 0 Å². The van der Waals surface area contributed by atoms with Crippen molar-refractivity contribution >= 4 is 51.4 Å². The van der Waals surface area contributed by atoms with E-state index in [1.165, 1.54) is 35.2 Å². The smallest absolute Gasteiger partial charge is 0.270 e. The second-order valence-corrected chi connectivity index (χ2v) is 11.3. The fraction of sp³-hybridized carbons (Fsp3) is 0.143. The summed E-state index contributed by atoms with van der Waals surface area (Å²) in [6, 6.07) is 21.7. The summed E-state index contributed by atoms with van der Waals surface area (Å²) in [5.74, 6) is 0.718. The Bertz CT molecular complexity index is 1680. The van der Waals surface area contributed by atoms with Gasteiger partial charge in [0, 0.05) is 33.7 Å². The van der Waals surface area contributed by atoms with E-state index in [2.05, 4.69) is 40.4 Å². The second-order valence-electron chi connectivity index (χ2n) is 9.04. The maximum Gasteiger partial charge on any atom is 0.270 e. The third kappa shape index (κ3) is 6.06. The summed E-state index contributed by atoms with van der Waals surface area (Å²) in [7, 11) is 0. The minimum absolute atomic E-state index is 0.0198. The highest BCUT2D eigenvalue weighted by Gasteiger charge is 2.21. The highest BCUT2D eigenvalue weighted by atomic mass is 35.5. The summed E-state index contributed by atoms with van der Waals surface area (Å²) in [6.07, 6.45) is 0. The van der Waals surface area contributed by atoms with Crippen LogP contribution in [0.5, 0.6) is 0 Å². The molecule has 0 atom stereocenters. The van der Waals surface area contributed by atoms with Crippen molar-refractivity contribution in [1.82, 2.24) is 19.7 Å². The Balaban J connectivity index is 1.37. The molecular weight excluding hydrogens is 568 g/mol. The van der Waals surface area contributed by atoms with Crippen LogP contribution in [0.4, 0.5) is 10.8 Å². The summed E-state index contributed by atoms with van der Waals surface area (Å²) >= 11 is 8.63. The number of hydrogen-bond acceptors (Lipinski definition) is 8. The molecule has 0 aliphatic rings. The first-order valence-electron chi connectivity index (χ1n) is 12.2. The molecule has 5 rings (SSSR count). The Kier molecular flexibility index (Phi) is 8.24. The number of para-hydroxylation sites is 1. The molecule has 0 unspecified atom stereocenters. The van der Waals surface area contributed by atoms with Crippen LogP contribution in [0, 0.1) is 10.1 Å². The van der Waals surface area contributed by atoms with E-state index in [4.69, 9.17) is 11.6 Å². The number of nitro groups is 1. The topological polar surface area (TPSA) is 116 Å². The van der Waals surface area contributed by atoms with Crippen molar-refractivity contribution in [3.05, 3.63) is 98.9 Å². The molecule has 0 saturated carbocycles. The average molecular weight is 591 g/mol. The molecule has 202 valence electrons. The number of carbonyl (C=O) groups excluding carboxylic acids is 1. The van der Waals surface area contributed by atoms with Crippen molar-refractivity contribution in [3.8, 4) is 28.3 Å².